The Kier molecular flexibility index (Phi) is 9.46. The molecule has 2 fully saturated rings. The van der Waals surface area contributed by atoms with Crippen molar-refractivity contribution in [1.82, 2.24) is 14.5 Å². The van der Waals surface area contributed by atoms with Crippen molar-refractivity contribution in [3.63, 3.8) is 0 Å². The lowest BCUT2D eigenvalue weighted by atomic mass is 10.2. The van der Waals surface area contributed by atoms with E-state index in [4.69, 9.17) is 21.1 Å². The van der Waals surface area contributed by atoms with Crippen LogP contribution in [0.25, 0.3) is 12.2 Å². The summed E-state index contributed by atoms with van der Waals surface area (Å²) in [5.41, 5.74) is 1.22. The quantitative estimate of drug-likeness (QED) is 0.441. The van der Waals surface area contributed by atoms with E-state index in [9.17, 15) is 22.8 Å². The number of amides is 3. The number of hydrogen-bond acceptors (Lipinski definition) is 8. The third kappa shape index (κ3) is 7.08. The van der Waals surface area contributed by atoms with Crippen LogP contribution in [0.1, 0.15) is 11.1 Å². The van der Waals surface area contributed by atoms with Gasteiger partial charge in [0, 0.05) is 37.3 Å². The molecule has 0 radical (unpaired) electrons. The van der Waals surface area contributed by atoms with Gasteiger partial charge in [0.2, 0.25) is 15.9 Å². The van der Waals surface area contributed by atoms with Crippen molar-refractivity contribution in [3.8, 4) is 5.75 Å². The number of benzene rings is 2. The molecule has 0 aliphatic carbocycles. The Labute approximate surface area is 235 Å². The van der Waals surface area contributed by atoms with Crippen LogP contribution in [0.15, 0.2) is 58.3 Å². The second-order valence-electron chi connectivity index (χ2n) is 8.44. The topological polar surface area (TPSA) is 122 Å². The number of morpholine rings is 1. The summed E-state index contributed by atoms with van der Waals surface area (Å²) < 4.78 is 38.1. The van der Waals surface area contributed by atoms with E-state index < -0.39 is 27.1 Å². The van der Waals surface area contributed by atoms with Crippen LogP contribution < -0.4 is 10.1 Å². The Balaban J connectivity index is 1.35. The van der Waals surface area contributed by atoms with Gasteiger partial charge in [0.15, 0.2) is 0 Å². The molecule has 0 bridgehead atoms. The molecule has 0 spiro atoms. The second-order valence-corrected chi connectivity index (χ2v) is 11.8. The van der Waals surface area contributed by atoms with Crippen molar-refractivity contribution in [3.05, 3.63) is 69.6 Å². The predicted molar refractivity (Wildman–Crippen MR) is 149 cm³/mol. The number of methoxy groups -OCH3 is 1. The van der Waals surface area contributed by atoms with E-state index in [1.165, 1.54) is 35.7 Å². The summed E-state index contributed by atoms with van der Waals surface area (Å²) in [4.78, 5) is 38.7. The van der Waals surface area contributed by atoms with Gasteiger partial charge in [-0.2, -0.15) is 4.31 Å². The van der Waals surface area contributed by atoms with E-state index in [0.717, 1.165) is 22.2 Å². The van der Waals surface area contributed by atoms with Gasteiger partial charge in [-0.25, -0.2) is 8.42 Å². The lowest BCUT2D eigenvalue weighted by Gasteiger charge is -2.26. The molecule has 13 heteroatoms. The third-order valence-electron chi connectivity index (χ3n) is 5.88. The highest BCUT2D eigenvalue weighted by Crippen LogP contribution is 2.32. The van der Waals surface area contributed by atoms with E-state index in [0.29, 0.717) is 23.8 Å². The van der Waals surface area contributed by atoms with Crippen LogP contribution in [0.2, 0.25) is 5.02 Å². The van der Waals surface area contributed by atoms with Gasteiger partial charge in [-0.15, -0.1) is 0 Å². The van der Waals surface area contributed by atoms with E-state index in [1.807, 2.05) is 0 Å². The van der Waals surface area contributed by atoms with Gasteiger partial charge in [0.05, 0.1) is 25.2 Å². The molecule has 0 unspecified atom stereocenters. The maximum absolute atomic E-state index is 13.1. The molecule has 2 aliphatic heterocycles. The zero-order valence-electron chi connectivity index (χ0n) is 21.0. The van der Waals surface area contributed by atoms with Gasteiger partial charge in [0.1, 0.15) is 10.6 Å². The first-order chi connectivity index (χ1) is 18.7. The Bertz CT molecular complexity index is 1420. The lowest BCUT2D eigenvalue weighted by molar-refractivity contribution is -0.123. The van der Waals surface area contributed by atoms with Gasteiger partial charge in [-0.05, 0) is 59.3 Å². The van der Waals surface area contributed by atoms with Crippen molar-refractivity contribution in [2.45, 2.75) is 4.90 Å². The highest BCUT2D eigenvalue weighted by atomic mass is 35.5. The zero-order chi connectivity index (χ0) is 28.0. The largest absolute Gasteiger partial charge is 0.495 e. The molecule has 2 heterocycles. The van der Waals surface area contributed by atoms with Gasteiger partial charge in [-0.3, -0.25) is 19.3 Å². The minimum Gasteiger partial charge on any atom is -0.495 e. The minimum absolute atomic E-state index is 0.000440. The molecule has 4 rings (SSSR count). The lowest BCUT2D eigenvalue weighted by Crippen LogP contribution is -2.40. The monoisotopic (exact) mass is 591 g/mol. The zero-order valence-corrected chi connectivity index (χ0v) is 23.4. The number of carbonyl (C=O) groups is 3. The van der Waals surface area contributed by atoms with Crippen molar-refractivity contribution in [1.29, 1.82) is 0 Å². The first-order valence-electron chi connectivity index (χ1n) is 11.9. The van der Waals surface area contributed by atoms with Gasteiger partial charge in [-0.1, -0.05) is 29.8 Å². The first kappa shape index (κ1) is 28.8. The number of halogens is 1. The predicted octanol–water partition coefficient (Wildman–Crippen LogP) is 3.24. The molecule has 206 valence electrons. The van der Waals surface area contributed by atoms with E-state index in [1.54, 1.807) is 36.4 Å². The summed E-state index contributed by atoms with van der Waals surface area (Å²) >= 11 is 6.71. The molecule has 2 aromatic carbocycles. The van der Waals surface area contributed by atoms with E-state index >= 15 is 0 Å². The Morgan fingerprint density at radius 2 is 1.82 bits per heavy atom. The molecule has 2 aromatic rings. The summed E-state index contributed by atoms with van der Waals surface area (Å²) in [6, 6.07) is 11.5. The molecule has 2 aliphatic rings. The molecule has 10 nitrogen and oxygen atoms in total. The first-order valence-corrected chi connectivity index (χ1v) is 14.6. The normalized spacial score (nSPS) is 17.8. The van der Waals surface area contributed by atoms with Crippen molar-refractivity contribution in [2.75, 3.05) is 46.5 Å². The molecule has 0 atom stereocenters. The molecule has 0 saturated carbocycles. The van der Waals surface area contributed by atoms with Gasteiger partial charge >= 0.3 is 0 Å². The molecule has 3 amide bonds. The standard InChI is InChI=1S/C26H26ClN3O7S2/c1-36-21-8-4-19(17-23(21)39(34,35)29-12-14-37-15-13-29)5-9-24(31)28-10-11-30-25(32)22(38-26(30)33)16-18-2-6-20(27)7-3-18/h2-9,16-17H,10-15H2,1H3,(H,28,31). The molecule has 0 aromatic heterocycles. The van der Waals surface area contributed by atoms with Crippen LogP contribution >= 0.6 is 23.4 Å². The van der Waals surface area contributed by atoms with E-state index in [2.05, 4.69) is 5.32 Å². The van der Waals surface area contributed by atoms with Crippen LogP contribution in [0.5, 0.6) is 5.75 Å². The van der Waals surface area contributed by atoms with Gasteiger partial charge < -0.3 is 14.8 Å². The van der Waals surface area contributed by atoms with Crippen LogP contribution in [0, 0.1) is 0 Å². The smallest absolute Gasteiger partial charge is 0.293 e. The maximum atomic E-state index is 13.1. The molecule has 2 saturated heterocycles. The number of hydrogen-bond donors (Lipinski definition) is 1. The summed E-state index contributed by atoms with van der Waals surface area (Å²) in [6.07, 6.45) is 4.34. The number of imide groups is 1. The number of carbonyl (C=O) groups excluding carboxylic acids is 3. The number of nitrogens with one attached hydrogen (secondary N) is 1. The van der Waals surface area contributed by atoms with Crippen molar-refractivity contribution >= 4 is 62.6 Å². The number of sulfonamides is 1. The highest BCUT2D eigenvalue weighted by Gasteiger charge is 2.34. The summed E-state index contributed by atoms with van der Waals surface area (Å²) in [7, 11) is -2.42. The maximum Gasteiger partial charge on any atom is 0.293 e. The van der Waals surface area contributed by atoms with Crippen molar-refractivity contribution in [2.24, 2.45) is 0 Å². The minimum atomic E-state index is -3.81. The second kappa shape index (κ2) is 12.8. The summed E-state index contributed by atoms with van der Waals surface area (Å²) in [5.74, 6) is -0.700. The molecule has 1 N–H and O–H groups in total. The van der Waals surface area contributed by atoms with Gasteiger partial charge in [0.25, 0.3) is 11.1 Å². The molecular weight excluding hydrogens is 566 g/mol. The molecule has 39 heavy (non-hydrogen) atoms. The summed E-state index contributed by atoms with van der Waals surface area (Å²) in [6.45, 7) is 1.17. The number of rotatable bonds is 9. The Morgan fingerprint density at radius 3 is 2.51 bits per heavy atom. The number of ether oxygens (including phenoxy) is 2. The molecular formula is C26H26ClN3O7S2. The Hall–Kier alpha value is -3.16. The third-order valence-corrected chi connectivity index (χ3v) is 8.96. The average Bonchev–Trinajstić information content (AvgIpc) is 3.20. The van der Waals surface area contributed by atoms with Crippen molar-refractivity contribution < 1.29 is 32.3 Å². The number of thioether (sulfide) groups is 1. The van der Waals surface area contributed by atoms with Crippen LogP contribution in [-0.2, 0) is 24.3 Å². The van der Waals surface area contributed by atoms with Crippen LogP contribution in [0.3, 0.4) is 0 Å². The highest BCUT2D eigenvalue weighted by molar-refractivity contribution is 8.18. The van der Waals surface area contributed by atoms with E-state index in [-0.39, 0.29) is 41.7 Å². The number of nitrogens with zero attached hydrogens (tertiary/aromatic N) is 2. The average molecular weight is 592 g/mol. The Morgan fingerprint density at radius 1 is 1.13 bits per heavy atom. The summed E-state index contributed by atoms with van der Waals surface area (Å²) in [5, 5.41) is 2.78. The fourth-order valence-corrected chi connectivity index (χ4v) is 6.44. The van der Waals surface area contributed by atoms with Crippen LogP contribution in [-0.4, -0.2) is 81.2 Å². The fraction of sp³-hybridized carbons (Fsp3) is 0.269. The SMILES string of the molecule is COc1ccc(C=CC(=O)NCCN2C(=O)SC(=Cc3ccc(Cl)cc3)C2=O)cc1S(=O)(=O)N1CCOCC1. The fourth-order valence-electron chi connectivity index (χ4n) is 3.85. The van der Waals surface area contributed by atoms with Crippen LogP contribution in [0.4, 0.5) is 4.79 Å².